The fraction of sp³-hybridized carbons (Fsp3) is 0.882. The van der Waals surface area contributed by atoms with Crippen molar-refractivity contribution in [1.82, 2.24) is 0 Å². The molecule has 0 radical (unpaired) electrons. The summed E-state index contributed by atoms with van der Waals surface area (Å²) in [4.78, 5) is 32.5. The van der Waals surface area contributed by atoms with E-state index in [0.29, 0.717) is 12.8 Å². The van der Waals surface area contributed by atoms with E-state index in [0.717, 1.165) is 32.1 Å². The topological polar surface area (TPSA) is 61.8 Å². The maximum Gasteiger partial charge on any atom is 0.342 e. The van der Waals surface area contributed by atoms with Crippen LogP contribution in [-0.2, 0) is 24.1 Å². The zero-order chi connectivity index (χ0) is 17.2. The van der Waals surface area contributed by atoms with Crippen molar-refractivity contribution in [2.45, 2.75) is 97.7 Å². The highest BCUT2D eigenvalue weighted by atomic mass is 17.2. The lowest BCUT2D eigenvalue weighted by molar-refractivity contribution is -0.320. The quantitative estimate of drug-likeness (QED) is 0.274. The van der Waals surface area contributed by atoms with Crippen LogP contribution in [0.5, 0.6) is 0 Å². The maximum absolute atomic E-state index is 11.5. The van der Waals surface area contributed by atoms with Gasteiger partial charge >= 0.3 is 11.9 Å². The first-order chi connectivity index (χ1) is 9.99. The lowest BCUT2D eigenvalue weighted by Crippen LogP contribution is -2.23. The molecule has 5 nitrogen and oxygen atoms in total. The van der Waals surface area contributed by atoms with Gasteiger partial charge in [-0.15, -0.1) is 0 Å². The van der Waals surface area contributed by atoms with Gasteiger partial charge in [-0.2, -0.15) is 4.89 Å². The van der Waals surface area contributed by atoms with E-state index in [4.69, 9.17) is 14.5 Å². The minimum Gasteiger partial charge on any atom is -0.460 e. The highest BCUT2D eigenvalue weighted by molar-refractivity contribution is 5.69. The smallest absolute Gasteiger partial charge is 0.342 e. The number of hydrogen-bond acceptors (Lipinski definition) is 5. The van der Waals surface area contributed by atoms with Gasteiger partial charge in [0, 0.05) is 12.8 Å². The Morgan fingerprint density at radius 1 is 0.682 bits per heavy atom. The molecule has 0 N–H and O–H groups in total. The predicted octanol–water partition coefficient (Wildman–Crippen LogP) is 4.33. The van der Waals surface area contributed by atoms with Crippen LogP contribution in [0, 0.1) is 0 Å². The zero-order valence-electron chi connectivity index (χ0n) is 15.0. The van der Waals surface area contributed by atoms with E-state index < -0.39 is 11.2 Å². The third-order valence-corrected chi connectivity index (χ3v) is 2.57. The molecule has 0 amide bonds. The SMILES string of the molecule is CC(C)(C)OOC(=O)CCCCCCCC(=O)OC(C)(C)C. The molecule has 0 aromatic carbocycles. The van der Waals surface area contributed by atoms with E-state index in [1.807, 2.05) is 41.5 Å². The summed E-state index contributed by atoms with van der Waals surface area (Å²) in [5.74, 6) is -0.473. The average molecular weight is 316 g/mol. The van der Waals surface area contributed by atoms with E-state index in [2.05, 4.69) is 0 Å². The fourth-order valence-electron chi connectivity index (χ4n) is 1.67. The fourth-order valence-corrected chi connectivity index (χ4v) is 1.67. The molecule has 0 heterocycles. The van der Waals surface area contributed by atoms with Gasteiger partial charge in [-0.1, -0.05) is 19.3 Å². The van der Waals surface area contributed by atoms with Crippen LogP contribution in [0.1, 0.15) is 86.5 Å². The lowest BCUT2D eigenvalue weighted by Gasteiger charge is -2.19. The molecule has 0 aromatic rings. The van der Waals surface area contributed by atoms with Crippen LogP contribution in [0.25, 0.3) is 0 Å². The van der Waals surface area contributed by atoms with Gasteiger partial charge in [0.25, 0.3) is 0 Å². The van der Waals surface area contributed by atoms with Crippen molar-refractivity contribution >= 4 is 11.9 Å². The molecule has 130 valence electrons. The van der Waals surface area contributed by atoms with Gasteiger partial charge in [-0.25, -0.2) is 4.79 Å². The van der Waals surface area contributed by atoms with Gasteiger partial charge in [0.15, 0.2) is 0 Å². The van der Waals surface area contributed by atoms with Crippen LogP contribution in [0.2, 0.25) is 0 Å². The lowest BCUT2D eigenvalue weighted by atomic mass is 10.1. The second kappa shape index (κ2) is 9.82. The van der Waals surface area contributed by atoms with Gasteiger partial charge in [0.2, 0.25) is 0 Å². The van der Waals surface area contributed by atoms with Crippen LogP contribution >= 0.6 is 0 Å². The molecule has 0 rings (SSSR count). The predicted molar refractivity (Wildman–Crippen MR) is 85.1 cm³/mol. The first-order valence-corrected chi connectivity index (χ1v) is 8.10. The minimum absolute atomic E-state index is 0.143. The molecule has 0 aromatic heterocycles. The molecule has 0 saturated heterocycles. The van der Waals surface area contributed by atoms with E-state index in [-0.39, 0.29) is 11.9 Å². The molecular weight excluding hydrogens is 284 g/mol. The standard InChI is InChI=1S/C17H32O5/c1-16(2,3)20-14(18)12-10-8-7-9-11-13-15(19)21-22-17(4,5)6/h7-13H2,1-6H3. The Bertz CT molecular complexity index is 336. The molecule has 0 fully saturated rings. The van der Waals surface area contributed by atoms with Crippen LogP contribution in [0.15, 0.2) is 0 Å². The van der Waals surface area contributed by atoms with Gasteiger partial charge in [-0.3, -0.25) is 9.68 Å². The van der Waals surface area contributed by atoms with Gasteiger partial charge < -0.3 is 4.74 Å². The van der Waals surface area contributed by atoms with Crippen LogP contribution < -0.4 is 0 Å². The molecule has 0 aliphatic carbocycles. The summed E-state index contributed by atoms with van der Waals surface area (Å²) in [5, 5.41) is 0. The number of unbranched alkanes of at least 4 members (excludes halogenated alkanes) is 4. The third kappa shape index (κ3) is 15.3. The monoisotopic (exact) mass is 316 g/mol. The summed E-state index contributed by atoms with van der Waals surface area (Å²) in [6.07, 6.45) is 5.33. The number of carbonyl (C=O) groups excluding carboxylic acids is 2. The summed E-state index contributed by atoms with van der Waals surface area (Å²) in [7, 11) is 0. The molecule has 22 heavy (non-hydrogen) atoms. The summed E-state index contributed by atoms with van der Waals surface area (Å²) in [6.45, 7) is 11.1. The molecule has 0 aliphatic rings. The normalized spacial score (nSPS) is 12.1. The first-order valence-electron chi connectivity index (χ1n) is 8.10. The van der Waals surface area contributed by atoms with Crippen LogP contribution in [0.3, 0.4) is 0 Å². The van der Waals surface area contributed by atoms with Crippen molar-refractivity contribution < 1.29 is 24.1 Å². The second-order valence-electron chi connectivity index (χ2n) is 7.51. The number of esters is 1. The molecular formula is C17H32O5. The minimum atomic E-state index is -0.475. The Morgan fingerprint density at radius 3 is 1.59 bits per heavy atom. The highest BCUT2D eigenvalue weighted by Gasteiger charge is 2.16. The van der Waals surface area contributed by atoms with Gasteiger partial charge in [-0.05, 0) is 54.4 Å². The van der Waals surface area contributed by atoms with Crippen molar-refractivity contribution in [2.24, 2.45) is 0 Å². The highest BCUT2D eigenvalue weighted by Crippen LogP contribution is 2.13. The average Bonchev–Trinajstić information content (AvgIpc) is 2.32. The first kappa shape index (κ1) is 20.9. The second-order valence-corrected chi connectivity index (χ2v) is 7.51. The largest absolute Gasteiger partial charge is 0.460 e. The Morgan fingerprint density at radius 2 is 1.14 bits per heavy atom. The van der Waals surface area contributed by atoms with Crippen molar-refractivity contribution in [2.75, 3.05) is 0 Å². The van der Waals surface area contributed by atoms with Gasteiger partial charge in [0.05, 0.1) is 0 Å². The van der Waals surface area contributed by atoms with E-state index in [9.17, 15) is 9.59 Å². The van der Waals surface area contributed by atoms with E-state index in [1.54, 1.807) is 0 Å². The third-order valence-electron chi connectivity index (χ3n) is 2.57. The van der Waals surface area contributed by atoms with E-state index in [1.165, 1.54) is 0 Å². The summed E-state index contributed by atoms with van der Waals surface area (Å²) in [5.41, 5.74) is -0.885. The number of rotatable bonds is 9. The van der Waals surface area contributed by atoms with Crippen molar-refractivity contribution in [1.29, 1.82) is 0 Å². The van der Waals surface area contributed by atoms with E-state index >= 15 is 0 Å². The summed E-state index contributed by atoms with van der Waals surface area (Å²) < 4.78 is 5.24. The zero-order valence-corrected chi connectivity index (χ0v) is 15.0. The molecule has 0 saturated carbocycles. The Hall–Kier alpha value is -1.10. The summed E-state index contributed by atoms with van der Waals surface area (Å²) in [6, 6.07) is 0. The number of carbonyl (C=O) groups is 2. The number of ether oxygens (including phenoxy) is 1. The Balaban J connectivity index is 3.47. The molecule has 0 spiro atoms. The van der Waals surface area contributed by atoms with Crippen molar-refractivity contribution in [3.63, 3.8) is 0 Å². The maximum atomic E-state index is 11.5. The molecule has 0 unspecified atom stereocenters. The molecule has 0 aliphatic heterocycles. The van der Waals surface area contributed by atoms with Crippen molar-refractivity contribution in [3.05, 3.63) is 0 Å². The van der Waals surface area contributed by atoms with Crippen molar-refractivity contribution in [3.8, 4) is 0 Å². The Labute approximate surface area is 134 Å². The van der Waals surface area contributed by atoms with Crippen LogP contribution in [-0.4, -0.2) is 23.1 Å². The molecule has 0 atom stereocenters. The number of hydrogen-bond donors (Lipinski definition) is 0. The Kier molecular flexibility index (Phi) is 9.33. The van der Waals surface area contributed by atoms with Gasteiger partial charge in [0.1, 0.15) is 11.2 Å². The van der Waals surface area contributed by atoms with Crippen LogP contribution in [0.4, 0.5) is 0 Å². The molecule has 5 heteroatoms. The molecule has 0 bridgehead atoms. The summed E-state index contributed by atoms with van der Waals surface area (Å²) >= 11 is 0.